The van der Waals surface area contributed by atoms with Crippen molar-refractivity contribution < 1.29 is 9.90 Å². The molecule has 0 radical (unpaired) electrons. The first-order chi connectivity index (χ1) is 9.58. The lowest BCUT2D eigenvalue weighted by Gasteiger charge is -2.19. The van der Waals surface area contributed by atoms with Crippen LogP contribution >= 0.6 is 11.3 Å². The number of aliphatic hydroxyl groups excluding tert-OH is 1. The highest BCUT2D eigenvalue weighted by Gasteiger charge is 2.20. The largest absolute Gasteiger partial charge is 0.397 e. The molecule has 2 aromatic rings. The number of thiophene rings is 1. The zero-order valence-corrected chi connectivity index (χ0v) is 12.7. The number of anilines is 1. The third kappa shape index (κ3) is 2.78. The molecule has 0 bridgehead atoms. The normalized spacial score (nSPS) is 10.9. The molecule has 1 aromatic carbocycles. The Labute approximate surface area is 122 Å². The first-order valence-electron chi connectivity index (χ1n) is 6.77. The van der Waals surface area contributed by atoms with E-state index in [2.05, 4.69) is 0 Å². The molecule has 0 atom stereocenters. The van der Waals surface area contributed by atoms with Crippen LogP contribution in [0.1, 0.15) is 28.6 Å². The number of carbonyl (C=O) groups excluding carboxylic acids is 1. The molecular formula is C15H20N2O2S. The fraction of sp³-hybridized carbons (Fsp3) is 0.400. The summed E-state index contributed by atoms with van der Waals surface area (Å²) in [7, 11) is 0. The molecule has 0 fully saturated rings. The van der Waals surface area contributed by atoms with Gasteiger partial charge >= 0.3 is 0 Å². The van der Waals surface area contributed by atoms with Crippen molar-refractivity contribution in [1.29, 1.82) is 0 Å². The third-order valence-corrected chi connectivity index (χ3v) is 4.51. The molecule has 0 saturated heterocycles. The minimum absolute atomic E-state index is 0.0442. The van der Waals surface area contributed by atoms with E-state index in [0.29, 0.717) is 30.1 Å². The van der Waals surface area contributed by atoms with E-state index in [0.717, 1.165) is 15.6 Å². The number of hydrogen-bond acceptors (Lipinski definition) is 4. The fourth-order valence-electron chi connectivity index (χ4n) is 2.20. The first-order valence-corrected chi connectivity index (χ1v) is 7.58. The average molecular weight is 292 g/mol. The summed E-state index contributed by atoms with van der Waals surface area (Å²) >= 11 is 1.44. The molecule has 0 unspecified atom stereocenters. The van der Waals surface area contributed by atoms with Crippen molar-refractivity contribution in [2.45, 2.75) is 20.3 Å². The molecule has 20 heavy (non-hydrogen) atoms. The van der Waals surface area contributed by atoms with Gasteiger partial charge in [-0.3, -0.25) is 4.79 Å². The highest BCUT2D eigenvalue weighted by molar-refractivity contribution is 7.21. The van der Waals surface area contributed by atoms with Gasteiger partial charge in [-0.1, -0.05) is 11.6 Å². The molecule has 3 N–H and O–H groups in total. The van der Waals surface area contributed by atoms with E-state index < -0.39 is 0 Å². The van der Waals surface area contributed by atoms with Gasteiger partial charge < -0.3 is 15.7 Å². The van der Waals surface area contributed by atoms with Crippen LogP contribution < -0.4 is 5.73 Å². The minimum atomic E-state index is -0.0442. The number of hydrogen-bond donors (Lipinski definition) is 2. The molecule has 1 aromatic heterocycles. The molecule has 1 amide bonds. The molecule has 0 aliphatic carbocycles. The number of fused-ring (bicyclic) bond motifs is 1. The van der Waals surface area contributed by atoms with Gasteiger partial charge in [0.2, 0.25) is 0 Å². The quantitative estimate of drug-likeness (QED) is 0.890. The van der Waals surface area contributed by atoms with Gasteiger partial charge in [-0.15, -0.1) is 11.3 Å². The second kappa shape index (κ2) is 6.24. The number of nitrogens with two attached hydrogens (primary N) is 1. The molecule has 108 valence electrons. The van der Waals surface area contributed by atoms with E-state index in [1.54, 1.807) is 4.90 Å². The summed E-state index contributed by atoms with van der Waals surface area (Å²) in [6, 6.07) is 6.05. The van der Waals surface area contributed by atoms with Crippen LogP contribution in [0.5, 0.6) is 0 Å². The summed E-state index contributed by atoms with van der Waals surface area (Å²) in [6.45, 7) is 5.20. The summed E-state index contributed by atoms with van der Waals surface area (Å²) in [5, 5.41) is 9.86. The fourth-order valence-corrected chi connectivity index (χ4v) is 3.27. The standard InChI is InChI=1S/C15H20N2O2S/c1-3-17(7-4-8-18)15(19)14-13(16)11-9-10(2)5-6-12(11)20-14/h5-6,9,18H,3-4,7-8,16H2,1-2H3. The predicted molar refractivity (Wildman–Crippen MR) is 84.3 cm³/mol. The van der Waals surface area contributed by atoms with Crippen molar-refractivity contribution >= 4 is 33.0 Å². The van der Waals surface area contributed by atoms with Gasteiger partial charge in [-0.25, -0.2) is 0 Å². The van der Waals surface area contributed by atoms with Crippen LogP contribution in [0, 0.1) is 6.92 Å². The van der Waals surface area contributed by atoms with Crippen LogP contribution in [0.2, 0.25) is 0 Å². The lowest BCUT2D eigenvalue weighted by molar-refractivity contribution is 0.0760. The summed E-state index contributed by atoms with van der Waals surface area (Å²) in [6.07, 6.45) is 0.587. The van der Waals surface area contributed by atoms with Gasteiger partial charge in [0.25, 0.3) is 5.91 Å². The van der Waals surface area contributed by atoms with Crippen molar-refractivity contribution in [3.05, 3.63) is 28.6 Å². The van der Waals surface area contributed by atoms with Crippen LogP contribution in [0.15, 0.2) is 18.2 Å². The maximum absolute atomic E-state index is 12.5. The van der Waals surface area contributed by atoms with Crippen LogP contribution in [0.25, 0.3) is 10.1 Å². The lowest BCUT2D eigenvalue weighted by atomic mass is 10.1. The van der Waals surface area contributed by atoms with E-state index in [4.69, 9.17) is 10.8 Å². The zero-order chi connectivity index (χ0) is 14.7. The van der Waals surface area contributed by atoms with Gasteiger partial charge in [-0.2, -0.15) is 0 Å². The molecule has 0 spiro atoms. The monoisotopic (exact) mass is 292 g/mol. The molecular weight excluding hydrogens is 272 g/mol. The number of rotatable bonds is 5. The Balaban J connectivity index is 2.36. The summed E-state index contributed by atoms with van der Waals surface area (Å²) in [5.41, 5.74) is 7.85. The van der Waals surface area contributed by atoms with Crippen LogP contribution in [-0.4, -0.2) is 35.6 Å². The number of aliphatic hydroxyl groups is 1. The SMILES string of the molecule is CCN(CCCO)C(=O)c1sc2ccc(C)cc2c1N. The predicted octanol–water partition coefficient (Wildman–Crippen LogP) is 2.64. The third-order valence-electron chi connectivity index (χ3n) is 3.33. The Morgan fingerprint density at radius 1 is 1.45 bits per heavy atom. The lowest BCUT2D eigenvalue weighted by Crippen LogP contribution is -2.32. The van der Waals surface area contributed by atoms with Gasteiger partial charge in [0.05, 0.1) is 5.69 Å². The number of aryl methyl sites for hydroxylation is 1. The Morgan fingerprint density at radius 2 is 2.20 bits per heavy atom. The Morgan fingerprint density at radius 3 is 2.85 bits per heavy atom. The van der Waals surface area contributed by atoms with Crippen molar-refractivity contribution in [3.63, 3.8) is 0 Å². The number of amides is 1. The Hall–Kier alpha value is -1.59. The van der Waals surface area contributed by atoms with E-state index in [1.807, 2.05) is 32.0 Å². The van der Waals surface area contributed by atoms with E-state index in [9.17, 15) is 4.79 Å². The summed E-state index contributed by atoms with van der Waals surface area (Å²) < 4.78 is 1.04. The molecule has 1 heterocycles. The van der Waals surface area contributed by atoms with Crippen LogP contribution in [-0.2, 0) is 0 Å². The van der Waals surface area contributed by atoms with E-state index in [1.165, 1.54) is 11.3 Å². The van der Waals surface area contributed by atoms with Gasteiger partial charge in [0.15, 0.2) is 0 Å². The van der Waals surface area contributed by atoms with Crippen molar-refractivity contribution in [2.24, 2.45) is 0 Å². The smallest absolute Gasteiger partial charge is 0.266 e. The van der Waals surface area contributed by atoms with Crippen LogP contribution in [0.3, 0.4) is 0 Å². The maximum Gasteiger partial charge on any atom is 0.266 e. The summed E-state index contributed by atoms with van der Waals surface area (Å²) in [4.78, 5) is 14.9. The van der Waals surface area contributed by atoms with Crippen molar-refractivity contribution in [2.75, 3.05) is 25.4 Å². The van der Waals surface area contributed by atoms with Gasteiger partial charge in [0.1, 0.15) is 4.88 Å². The first kappa shape index (κ1) is 14.8. The average Bonchev–Trinajstić information content (AvgIpc) is 2.76. The maximum atomic E-state index is 12.5. The van der Waals surface area contributed by atoms with Crippen LogP contribution in [0.4, 0.5) is 5.69 Å². The number of nitrogens with zero attached hydrogens (tertiary/aromatic N) is 1. The molecule has 2 rings (SSSR count). The van der Waals surface area contributed by atoms with Gasteiger partial charge in [0, 0.05) is 29.8 Å². The molecule has 4 nitrogen and oxygen atoms in total. The molecule has 0 aliphatic rings. The Bertz CT molecular complexity index is 622. The summed E-state index contributed by atoms with van der Waals surface area (Å²) in [5.74, 6) is -0.0442. The minimum Gasteiger partial charge on any atom is -0.397 e. The second-order valence-electron chi connectivity index (χ2n) is 4.81. The Kier molecular flexibility index (Phi) is 4.62. The number of nitrogen functional groups attached to an aromatic ring is 1. The molecule has 5 heteroatoms. The number of benzene rings is 1. The van der Waals surface area contributed by atoms with Crippen molar-refractivity contribution in [1.82, 2.24) is 4.90 Å². The van der Waals surface area contributed by atoms with Crippen molar-refractivity contribution in [3.8, 4) is 0 Å². The molecule has 0 saturated carbocycles. The van der Waals surface area contributed by atoms with E-state index >= 15 is 0 Å². The topological polar surface area (TPSA) is 66.6 Å². The molecule has 0 aliphatic heterocycles. The highest BCUT2D eigenvalue weighted by atomic mass is 32.1. The second-order valence-corrected chi connectivity index (χ2v) is 5.86. The number of carbonyl (C=O) groups is 1. The van der Waals surface area contributed by atoms with Gasteiger partial charge in [-0.05, 0) is 32.4 Å². The highest BCUT2D eigenvalue weighted by Crippen LogP contribution is 2.35. The van der Waals surface area contributed by atoms with E-state index in [-0.39, 0.29) is 12.5 Å². The zero-order valence-electron chi connectivity index (χ0n) is 11.8.